The molecule has 2 aromatic rings. The predicted octanol–water partition coefficient (Wildman–Crippen LogP) is 3.07. The standard InChI is InChI=1S/C20H25N2O/c1-16(20(23)21(2)14-17-8-4-3-5-9-17)22-13-12-18-10-6-7-11-19(18)15-22/h3-5,8-9,12-13,15-16H,6-7,10-11,14H2,1-2H3/q+1/t16-/m0/s1. The summed E-state index contributed by atoms with van der Waals surface area (Å²) < 4.78 is 2.06. The second kappa shape index (κ2) is 6.95. The van der Waals surface area contributed by atoms with Crippen LogP contribution in [0.4, 0.5) is 0 Å². The molecule has 0 bridgehead atoms. The molecule has 3 rings (SSSR count). The quantitative estimate of drug-likeness (QED) is 0.797. The highest BCUT2D eigenvalue weighted by molar-refractivity contribution is 5.78. The molecule has 1 heterocycles. The summed E-state index contributed by atoms with van der Waals surface area (Å²) in [5, 5.41) is 0. The first-order valence-electron chi connectivity index (χ1n) is 8.46. The first kappa shape index (κ1) is 15.7. The molecule has 0 fully saturated rings. The van der Waals surface area contributed by atoms with Gasteiger partial charge in [-0.05, 0) is 36.8 Å². The molecule has 1 aromatic heterocycles. The van der Waals surface area contributed by atoms with Gasteiger partial charge in [-0.15, -0.1) is 0 Å². The largest absolute Gasteiger partial charge is 0.336 e. The zero-order valence-electron chi connectivity index (χ0n) is 14.0. The van der Waals surface area contributed by atoms with E-state index in [-0.39, 0.29) is 11.9 Å². The number of amides is 1. The summed E-state index contributed by atoms with van der Waals surface area (Å²) in [7, 11) is 1.88. The average Bonchev–Trinajstić information content (AvgIpc) is 2.61. The molecular formula is C20H25N2O+. The van der Waals surface area contributed by atoms with E-state index in [4.69, 9.17) is 0 Å². The zero-order valence-corrected chi connectivity index (χ0v) is 14.0. The predicted molar refractivity (Wildman–Crippen MR) is 90.9 cm³/mol. The number of carbonyl (C=O) groups is 1. The van der Waals surface area contributed by atoms with Crippen LogP contribution in [0.15, 0.2) is 48.8 Å². The van der Waals surface area contributed by atoms with Crippen LogP contribution in [-0.2, 0) is 24.2 Å². The number of benzene rings is 1. The first-order chi connectivity index (χ1) is 11.1. The number of nitrogens with zero attached hydrogens (tertiary/aromatic N) is 2. The van der Waals surface area contributed by atoms with Crippen molar-refractivity contribution in [2.75, 3.05) is 7.05 Å². The van der Waals surface area contributed by atoms with E-state index >= 15 is 0 Å². The van der Waals surface area contributed by atoms with E-state index in [1.807, 2.05) is 37.1 Å². The van der Waals surface area contributed by atoms with Crippen LogP contribution in [0.5, 0.6) is 0 Å². The highest BCUT2D eigenvalue weighted by atomic mass is 16.2. The van der Waals surface area contributed by atoms with Crippen LogP contribution in [0.3, 0.4) is 0 Å². The Balaban J connectivity index is 1.71. The van der Waals surface area contributed by atoms with Crippen molar-refractivity contribution in [3.8, 4) is 0 Å². The van der Waals surface area contributed by atoms with Crippen molar-refractivity contribution in [3.05, 3.63) is 65.5 Å². The van der Waals surface area contributed by atoms with Gasteiger partial charge in [-0.1, -0.05) is 30.3 Å². The Bertz CT molecular complexity index is 681. The van der Waals surface area contributed by atoms with Gasteiger partial charge in [-0.2, -0.15) is 4.57 Å². The molecule has 0 aliphatic heterocycles. The molecule has 0 saturated carbocycles. The Morgan fingerprint density at radius 1 is 1.13 bits per heavy atom. The van der Waals surface area contributed by atoms with Gasteiger partial charge in [-0.3, -0.25) is 4.79 Å². The van der Waals surface area contributed by atoms with Crippen molar-refractivity contribution in [2.24, 2.45) is 0 Å². The molecule has 1 aliphatic rings. The van der Waals surface area contributed by atoms with Crippen molar-refractivity contribution < 1.29 is 9.36 Å². The summed E-state index contributed by atoms with van der Waals surface area (Å²) in [5.74, 6) is 0.148. The van der Waals surface area contributed by atoms with Gasteiger partial charge in [0.05, 0.1) is 0 Å². The van der Waals surface area contributed by atoms with Gasteiger partial charge in [-0.25, -0.2) is 0 Å². The van der Waals surface area contributed by atoms with E-state index < -0.39 is 0 Å². The maximum Gasteiger partial charge on any atom is 0.291 e. The second-order valence-corrected chi connectivity index (χ2v) is 6.51. The monoisotopic (exact) mass is 309 g/mol. The van der Waals surface area contributed by atoms with Crippen LogP contribution in [0.25, 0.3) is 0 Å². The molecule has 0 saturated heterocycles. The van der Waals surface area contributed by atoms with E-state index in [2.05, 4.69) is 35.2 Å². The number of aryl methyl sites for hydroxylation is 2. The van der Waals surface area contributed by atoms with Gasteiger partial charge in [0.2, 0.25) is 6.04 Å². The molecule has 0 spiro atoms. The number of rotatable bonds is 4. The summed E-state index contributed by atoms with van der Waals surface area (Å²) >= 11 is 0. The molecule has 23 heavy (non-hydrogen) atoms. The van der Waals surface area contributed by atoms with Gasteiger partial charge in [0.25, 0.3) is 5.91 Å². The second-order valence-electron chi connectivity index (χ2n) is 6.51. The minimum atomic E-state index is -0.170. The molecular weight excluding hydrogens is 284 g/mol. The summed E-state index contributed by atoms with van der Waals surface area (Å²) in [6.45, 7) is 2.63. The Labute approximate surface area is 138 Å². The lowest BCUT2D eigenvalue weighted by atomic mass is 9.93. The molecule has 120 valence electrons. The van der Waals surface area contributed by atoms with Gasteiger partial charge < -0.3 is 4.90 Å². The zero-order chi connectivity index (χ0) is 16.2. The van der Waals surface area contributed by atoms with E-state index in [1.54, 1.807) is 0 Å². The van der Waals surface area contributed by atoms with Crippen molar-refractivity contribution >= 4 is 5.91 Å². The Hall–Kier alpha value is -2.16. The third kappa shape index (κ3) is 3.61. The summed E-state index contributed by atoms with van der Waals surface area (Å²) in [5.41, 5.74) is 4.01. The minimum Gasteiger partial charge on any atom is -0.336 e. The Kier molecular flexibility index (Phi) is 4.75. The summed E-state index contributed by atoms with van der Waals surface area (Å²) in [4.78, 5) is 14.5. The fraction of sp³-hybridized carbons (Fsp3) is 0.400. The molecule has 1 amide bonds. The SMILES string of the molecule is C[C@@H](C(=O)N(C)Cc1ccccc1)[n+]1ccc2c(c1)CCCC2. The fourth-order valence-electron chi connectivity index (χ4n) is 3.31. The maximum absolute atomic E-state index is 12.7. The van der Waals surface area contributed by atoms with E-state index in [1.165, 1.54) is 30.4 Å². The van der Waals surface area contributed by atoms with Crippen molar-refractivity contribution in [1.29, 1.82) is 0 Å². The molecule has 0 radical (unpaired) electrons. The average molecular weight is 309 g/mol. The lowest BCUT2D eigenvalue weighted by Crippen LogP contribution is -2.47. The molecule has 0 unspecified atom stereocenters. The molecule has 1 atom stereocenters. The lowest BCUT2D eigenvalue weighted by molar-refractivity contribution is -0.707. The van der Waals surface area contributed by atoms with Crippen LogP contribution in [0.2, 0.25) is 0 Å². The normalized spacial score (nSPS) is 14.9. The molecule has 0 N–H and O–H groups in total. The van der Waals surface area contributed by atoms with E-state index in [9.17, 15) is 4.79 Å². The van der Waals surface area contributed by atoms with Gasteiger partial charge in [0.1, 0.15) is 0 Å². The third-order valence-electron chi connectivity index (χ3n) is 4.75. The van der Waals surface area contributed by atoms with Gasteiger partial charge in [0.15, 0.2) is 12.4 Å². The van der Waals surface area contributed by atoms with Crippen molar-refractivity contribution in [1.82, 2.24) is 4.90 Å². The number of aromatic nitrogens is 1. The Morgan fingerprint density at radius 2 is 1.83 bits per heavy atom. The molecule has 1 aliphatic carbocycles. The lowest BCUT2D eigenvalue weighted by Gasteiger charge is -2.20. The number of hydrogen-bond donors (Lipinski definition) is 0. The number of likely N-dealkylation sites (N-methyl/N-ethyl adjacent to an activating group) is 1. The number of hydrogen-bond acceptors (Lipinski definition) is 1. The summed E-state index contributed by atoms with van der Waals surface area (Å²) in [6.07, 6.45) is 9.08. The topological polar surface area (TPSA) is 24.2 Å². The van der Waals surface area contributed by atoms with Gasteiger partial charge in [0, 0.05) is 32.1 Å². The van der Waals surface area contributed by atoms with Crippen LogP contribution in [0, 0.1) is 0 Å². The summed E-state index contributed by atoms with van der Waals surface area (Å²) in [6, 6.07) is 12.1. The molecule has 3 nitrogen and oxygen atoms in total. The number of pyridine rings is 1. The number of carbonyl (C=O) groups excluding carboxylic acids is 1. The van der Waals surface area contributed by atoms with E-state index in [0.717, 1.165) is 12.0 Å². The van der Waals surface area contributed by atoms with Crippen LogP contribution >= 0.6 is 0 Å². The van der Waals surface area contributed by atoms with Crippen molar-refractivity contribution in [2.45, 2.75) is 45.2 Å². The molecule has 1 aromatic carbocycles. The maximum atomic E-state index is 12.7. The smallest absolute Gasteiger partial charge is 0.291 e. The highest BCUT2D eigenvalue weighted by Crippen LogP contribution is 2.19. The van der Waals surface area contributed by atoms with Gasteiger partial charge >= 0.3 is 0 Å². The van der Waals surface area contributed by atoms with Crippen LogP contribution in [-0.4, -0.2) is 17.9 Å². The van der Waals surface area contributed by atoms with E-state index in [0.29, 0.717) is 6.54 Å². The third-order valence-corrected chi connectivity index (χ3v) is 4.75. The van der Waals surface area contributed by atoms with Crippen LogP contribution < -0.4 is 4.57 Å². The fourth-order valence-corrected chi connectivity index (χ4v) is 3.31. The van der Waals surface area contributed by atoms with Crippen LogP contribution in [0.1, 0.15) is 42.5 Å². The number of fused-ring (bicyclic) bond motifs is 1. The Morgan fingerprint density at radius 3 is 2.57 bits per heavy atom. The highest BCUT2D eigenvalue weighted by Gasteiger charge is 2.26. The minimum absolute atomic E-state index is 0.148. The molecule has 3 heteroatoms. The first-order valence-corrected chi connectivity index (χ1v) is 8.46. The van der Waals surface area contributed by atoms with Crippen molar-refractivity contribution in [3.63, 3.8) is 0 Å².